The van der Waals surface area contributed by atoms with Gasteiger partial charge in [0.1, 0.15) is 11.6 Å². The smallest absolute Gasteiger partial charge is 0.344 e. The number of likely N-dealkylation sites (tertiary alicyclic amines) is 1. The van der Waals surface area contributed by atoms with Crippen molar-refractivity contribution in [2.24, 2.45) is 0 Å². The van der Waals surface area contributed by atoms with E-state index in [1.807, 2.05) is 24.3 Å². The molecule has 12 heteroatoms. The Morgan fingerprint density at radius 2 is 1.53 bits per heavy atom. The van der Waals surface area contributed by atoms with E-state index in [-0.39, 0.29) is 11.4 Å². The number of hydrogen-bond acceptors (Lipinski definition) is 6. The molecule has 3 heterocycles. The van der Waals surface area contributed by atoms with Crippen LogP contribution < -0.4 is 5.56 Å². The second-order valence-electron chi connectivity index (χ2n) is 14.2. The van der Waals surface area contributed by atoms with Crippen LogP contribution in [0.15, 0.2) is 82.7 Å². The fraction of sp³-hybridized carbons (Fsp3) is 0.390. The Kier molecular flexibility index (Phi) is 11.5. The average Bonchev–Trinajstić information content (AvgIpc) is 3.80. The monoisotopic (exact) mass is 744 g/mol. The lowest BCUT2D eigenvalue weighted by atomic mass is 10.0. The summed E-state index contributed by atoms with van der Waals surface area (Å²) in [5.74, 6) is 1.04. The molecule has 7 rings (SSSR count). The predicted molar refractivity (Wildman–Crippen MR) is 200 cm³/mol. The molecule has 2 aliphatic rings. The SMILES string of the molecule is CN(CCN1CCCCC1)Cc1nc(Cn2c(SCc3ccc(F)cc3)nc(=O)c3c2CCC3)[nH]c1Cc1ccc(-c2ccc(C(F)(F)F)cc2)cc1. The number of aromatic amines is 1. The molecule has 1 aliphatic carbocycles. The van der Waals surface area contributed by atoms with Gasteiger partial charge in [-0.15, -0.1) is 0 Å². The first-order valence-corrected chi connectivity index (χ1v) is 19.3. The van der Waals surface area contributed by atoms with Gasteiger partial charge in [-0.25, -0.2) is 9.37 Å². The van der Waals surface area contributed by atoms with Crippen LogP contribution in [0.4, 0.5) is 17.6 Å². The number of aromatic nitrogens is 4. The van der Waals surface area contributed by atoms with Crippen LogP contribution in [0.3, 0.4) is 0 Å². The highest BCUT2D eigenvalue weighted by molar-refractivity contribution is 7.98. The van der Waals surface area contributed by atoms with Crippen LogP contribution in [0.5, 0.6) is 0 Å². The Labute approximate surface area is 311 Å². The van der Waals surface area contributed by atoms with Gasteiger partial charge < -0.3 is 14.5 Å². The molecule has 0 radical (unpaired) electrons. The van der Waals surface area contributed by atoms with Gasteiger partial charge in [-0.1, -0.05) is 66.7 Å². The molecule has 0 unspecified atom stereocenters. The van der Waals surface area contributed by atoms with Crippen LogP contribution in [0.25, 0.3) is 11.1 Å². The molecule has 1 aliphatic heterocycles. The maximum atomic E-state index is 13.6. The molecule has 53 heavy (non-hydrogen) atoms. The minimum absolute atomic E-state index is 0.175. The summed E-state index contributed by atoms with van der Waals surface area (Å²) in [6.45, 7) is 5.32. The molecule has 1 fully saturated rings. The van der Waals surface area contributed by atoms with Crippen molar-refractivity contribution in [2.45, 2.75) is 75.1 Å². The zero-order valence-corrected chi connectivity index (χ0v) is 30.7. The van der Waals surface area contributed by atoms with E-state index in [1.165, 1.54) is 55.3 Å². The molecule has 278 valence electrons. The second kappa shape index (κ2) is 16.4. The van der Waals surface area contributed by atoms with Gasteiger partial charge in [0, 0.05) is 48.8 Å². The molecule has 2 aromatic heterocycles. The number of benzene rings is 3. The molecule has 0 amide bonds. The molecule has 1 saturated heterocycles. The highest BCUT2D eigenvalue weighted by Gasteiger charge is 2.30. The van der Waals surface area contributed by atoms with Crippen molar-refractivity contribution in [3.63, 3.8) is 0 Å². The van der Waals surface area contributed by atoms with Crippen LogP contribution in [0.1, 0.15) is 70.8 Å². The quantitative estimate of drug-likeness (QED) is 0.0747. The first kappa shape index (κ1) is 37.1. The second-order valence-corrected chi connectivity index (χ2v) is 15.1. The van der Waals surface area contributed by atoms with Crippen molar-refractivity contribution in [2.75, 3.05) is 33.2 Å². The third-order valence-corrected chi connectivity index (χ3v) is 11.3. The van der Waals surface area contributed by atoms with Crippen molar-refractivity contribution >= 4 is 11.8 Å². The molecule has 0 spiro atoms. The number of H-pyrrole nitrogens is 1. The zero-order valence-electron chi connectivity index (χ0n) is 29.9. The first-order chi connectivity index (χ1) is 25.6. The van der Waals surface area contributed by atoms with Gasteiger partial charge >= 0.3 is 6.18 Å². The highest BCUT2D eigenvalue weighted by Crippen LogP contribution is 2.32. The first-order valence-electron chi connectivity index (χ1n) is 18.3. The van der Waals surface area contributed by atoms with Crippen molar-refractivity contribution in [3.8, 4) is 11.1 Å². The normalized spacial score (nSPS) is 15.0. The van der Waals surface area contributed by atoms with E-state index in [0.717, 1.165) is 102 Å². The Morgan fingerprint density at radius 3 is 2.23 bits per heavy atom. The maximum Gasteiger partial charge on any atom is 0.416 e. The lowest BCUT2D eigenvalue weighted by Crippen LogP contribution is -2.36. The molecule has 3 aromatic carbocycles. The van der Waals surface area contributed by atoms with Gasteiger partial charge in [0.25, 0.3) is 5.56 Å². The zero-order chi connectivity index (χ0) is 37.0. The minimum Gasteiger partial charge on any atom is -0.344 e. The maximum absolute atomic E-state index is 13.6. The number of halogens is 4. The van der Waals surface area contributed by atoms with Crippen molar-refractivity contribution in [3.05, 3.63) is 134 Å². The summed E-state index contributed by atoms with van der Waals surface area (Å²) >= 11 is 1.47. The number of fused-ring (bicyclic) bond motifs is 1. The molecule has 7 nitrogen and oxygen atoms in total. The Hall–Kier alpha value is -4.26. The van der Waals surface area contributed by atoms with E-state index in [2.05, 4.69) is 31.4 Å². The molecular formula is C41H44F4N6OS. The lowest BCUT2D eigenvalue weighted by molar-refractivity contribution is -0.137. The number of nitrogens with zero attached hydrogens (tertiary/aromatic N) is 5. The fourth-order valence-electron chi connectivity index (χ4n) is 7.29. The number of thioether (sulfide) groups is 1. The summed E-state index contributed by atoms with van der Waals surface area (Å²) in [7, 11) is 2.13. The Bertz CT molecular complexity index is 2050. The van der Waals surface area contributed by atoms with Gasteiger partial charge in [-0.05, 0) is 98.8 Å². The summed E-state index contributed by atoms with van der Waals surface area (Å²) in [5, 5.41) is 0.622. The van der Waals surface area contributed by atoms with E-state index in [1.54, 1.807) is 12.1 Å². The van der Waals surface area contributed by atoms with Crippen LogP contribution in [0, 0.1) is 5.82 Å². The fourth-order valence-corrected chi connectivity index (χ4v) is 8.26. The Balaban J connectivity index is 1.14. The summed E-state index contributed by atoms with van der Waals surface area (Å²) in [6.07, 6.45) is 2.44. The van der Waals surface area contributed by atoms with E-state index < -0.39 is 11.7 Å². The molecule has 0 bridgehead atoms. The van der Waals surface area contributed by atoms with Gasteiger partial charge in [-0.2, -0.15) is 18.2 Å². The van der Waals surface area contributed by atoms with Crippen molar-refractivity contribution in [1.82, 2.24) is 29.3 Å². The molecule has 0 atom stereocenters. The van der Waals surface area contributed by atoms with Crippen LogP contribution in [-0.4, -0.2) is 62.5 Å². The number of hydrogen-bond donors (Lipinski definition) is 1. The third-order valence-electron chi connectivity index (χ3n) is 10.3. The number of imidazole rings is 1. The van der Waals surface area contributed by atoms with E-state index in [4.69, 9.17) is 4.98 Å². The van der Waals surface area contributed by atoms with Crippen molar-refractivity contribution in [1.29, 1.82) is 0 Å². The van der Waals surface area contributed by atoms with Gasteiger partial charge in [0.05, 0.1) is 17.8 Å². The number of piperidine rings is 1. The van der Waals surface area contributed by atoms with Crippen molar-refractivity contribution < 1.29 is 17.6 Å². The van der Waals surface area contributed by atoms with Crippen LogP contribution >= 0.6 is 11.8 Å². The number of nitrogens with one attached hydrogen (secondary N) is 1. The van der Waals surface area contributed by atoms with E-state index in [0.29, 0.717) is 36.8 Å². The summed E-state index contributed by atoms with van der Waals surface area (Å²) in [6, 6.07) is 19.5. The largest absolute Gasteiger partial charge is 0.416 e. The topological polar surface area (TPSA) is 70.0 Å². The number of alkyl halides is 3. The average molecular weight is 745 g/mol. The highest BCUT2D eigenvalue weighted by atomic mass is 32.2. The van der Waals surface area contributed by atoms with Gasteiger partial charge in [0.15, 0.2) is 5.16 Å². The predicted octanol–water partition coefficient (Wildman–Crippen LogP) is 8.13. The van der Waals surface area contributed by atoms with Gasteiger partial charge in [-0.3, -0.25) is 9.69 Å². The lowest BCUT2D eigenvalue weighted by Gasteiger charge is -2.28. The minimum atomic E-state index is -4.37. The van der Waals surface area contributed by atoms with Crippen LogP contribution in [0.2, 0.25) is 0 Å². The summed E-state index contributed by atoms with van der Waals surface area (Å²) in [5.41, 5.74) is 6.45. The van der Waals surface area contributed by atoms with E-state index >= 15 is 0 Å². The standard InChI is InChI=1S/C41H44F4N6OS/c1-49(22-23-50-20-3-2-4-21-50)25-36-35(24-28-8-12-30(13-9-28)31-14-16-32(17-15-31)41(43,44)45)46-38(47-36)26-51-37-7-5-6-34(37)39(52)48-40(51)53-27-29-10-18-33(42)19-11-29/h8-19H,2-7,20-27H2,1H3,(H,46,47). The number of rotatable bonds is 13. The molecular weight excluding hydrogens is 701 g/mol. The van der Waals surface area contributed by atoms with E-state index in [9.17, 15) is 22.4 Å². The summed E-state index contributed by atoms with van der Waals surface area (Å²) in [4.78, 5) is 31.2. The summed E-state index contributed by atoms with van der Waals surface area (Å²) < 4.78 is 55.0. The molecule has 1 N–H and O–H groups in total. The molecule has 5 aromatic rings. The third kappa shape index (κ3) is 9.28. The number of likely N-dealkylation sites (N-methyl/N-ethyl adjacent to an activating group) is 1. The molecule has 0 saturated carbocycles. The van der Waals surface area contributed by atoms with Crippen LogP contribution in [-0.2, 0) is 44.3 Å². The van der Waals surface area contributed by atoms with Gasteiger partial charge in [0.2, 0.25) is 0 Å². The Morgan fingerprint density at radius 1 is 0.849 bits per heavy atom.